The molecular formula is C21H22N2O5. The van der Waals surface area contributed by atoms with Gasteiger partial charge >= 0.3 is 0 Å². The smallest absolute Gasteiger partial charge is 0.261 e. The number of benzene rings is 2. The van der Waals surface area contributed by atoms with Crippen LogP contribution in [-0.4, -0.2) is 50.0 Å². The summed E-state index contributed by atoms with van der Waals surface area (Å²) in [5, 5.41) is 2.80. The molecular weight excluding hydrogens is 360 g/mol. The summed E-state index contributed by atoms with van der Waals surface area (Å²) in [6, 6.07) is 9.98. The standard InChI is InChI=1S/C21H22N2O5/c1-13-5-8-18(28-3)17(11-13)22-19(24)14-6-7-15-16(12-14)21(26)23(20(15)25)9-4-10-27-2/h5-8,11-12H,4,9-10H2,1-3H3,(H,22,24). The Morgan fingerprint density at radius 3 is 2.50 bits per heavy atom. The zero-order valence-corrected chi connectivity index (χ0v) is 16.1. The van der Waals surface area contributed by atoms with Crippen LogP contribution in [0, 0.1) is 6.92 Å². The fourth-order valence-electron chi connectivity index (χ4n) is 3.12. The fraction of sp³-hybridized carbons (Fsp3) is 0.286. The molecule has 0 aliphatic carbocycles. The van der Waals surface area contributed by atoms with E-state index in [9.17, 15) is 14.4 Å². The van der Waals surface area contributed by atoms with Crippen molar-refractivity contribution < 1.29 is 23.9 Å². The Bertz CT molecular complexity index is 938. The lowest BCUT2D eigenvalue weighted by atomic mass is 10.1. The van der Waals surface area contributed by atoms with E-state index in [0.717, 1.165) is 5.56 Å². The highest BCUT2D eigenvalue weighted by Gasteiger charge is 2.35. The molecule has 1 aliphatic heterocycles. The first-order valence-corrected chi connectivity index (χ1v) is 8.91. The molecule has 0 saturated heterocycles. The molecule has 0 spiro atoms. The quantitative estimate of drug-likeness (QED) is 0.588. The van der Waals surface area contributed by atoms with Crippen LogP contribution in [0.15, 0.2) is 36.4 Å². The predicted octanol–water partition coefficient (Wildman–Crippen LogP) is 2.89. The van der Waals surface area contributed by atoms with E-state index in [1.807, 2.05) is 13.0 Å². The first-order chi connectivity index (χ1) is 13.5. The third kappa shape index (κ3) is 3.75. The topological polar surface area (TPSA) is 84.9 Å². The minimum Gasteiger partial charge on any atom is -0.495 e. The summed E-state index contributed by atoms with van der Waals surface area (Å²) in [6.07, 6.45) is 0.558. The molecule has 7 nitrogen and oxygen atoms in total. The van der Waals surface area contributed by atoms with Crippen LogP contribution in [-0.2, 0) is 4.74 Å². The number of anilines is 1. The Morgan fingerprint density at radius 2 is 1.79 bits per heavy atom. The van der Waals surface area contributed by atoms with E-state index in [2.05, 4.69) is 5.32 Å². The summed E-state index contributed by atoms with van der Waals surface area (Å²) < 4.78 is 10.2. The van der Waals surface area contributed by atoms with Crippen molar-refractivity contribution in [2.24, 2.45) is 0 Å². The van der Waals surface area contributed by atoms with Crippen LogP contribution >= 0.6 is 0 Å². The van der Waals surface area contributed by atoms with Crippen molar-refractivity contribution in [1.82, 2.24) is 4.90 Å². The number of ether oxygens (including phenoxy) is 2. The van der Waals surface area contributed by atoms with Gasteiger partial charge in [0.1, 0.15) is 5.75 Å². The Kier molecular flexibility index (Phi) is 5.75. The van der Waals surface area contributed by atoms with Gasteiger partial charge < -0.3 is 14.8 Å². The fourth-order valence-corrected chi connectivity index (χ4v) is 3.12. The van der Waals surface area contributed by atoms with Crippen LogP contribution in [0.4, 0.5) is 5.69 Å². The number of rotatable bonds is 7. The average Bonchev–Trinajstić information content (AvgIpc) is 2.92. The number of imide groups is 1. The van der Waals surface area contributed by atoms with Crippen LogP contribution in [0.2, 0.25) is 0 Å². The Hall–Kier alpha value is -3.19. The Morgan fingerprint density at radius 1 is 1.04 bits per heavy atom. The van der Waals surface area contributed by atoms with Crippen molar-refractivity contribution >= 4 is 23.4 Å². The molecule has 0 aromatic heterocycles. The van der Waals surface area contributed by atoms with Crippen LogP contribution in [0.3, 0.4) is 0 Å². The van der Waals surface area contributed by atoms with Crippen molar-refractivity contribution in [2.75, 3.05) is 32.7 Å². The molecule has 0 radical (unpaired) electrons. The first-order valence-electron chi connectivity index (χ1n) is 8.91. The number of amides is 3. The highest BCUT2D eigenvalue weighted by molar-refractivity contribution is 6.22. The molecule has 2 aromatic carbocycles. The van der Waals surface area contributed by atoms with Crippen molar-refractivity contribution in [3.8, 4) is 5.75 Å². The summed E-state index contributed by atoms with van der Waals surface area (Å²) in [4.78, 5) is 38.9. The van der Waals surface area contributed by atoms with E-state index in [0.29, 0.717) is 35.6 Å². The number of hydrogen-bond donors (Lipinski definition) is 1. The highest BCUT2D eigenvalue weighted by atomic mass is 16.5. The maximum absolute atomic E-state index is 12.7. The summed E-state index contributed by atoms with van der Waals surface area (Å²) >= 11 is 0. The maximum atomic E-state index is 12.7. The van der Waals surface area contributed by atoms with Crippen molar-refractivity contribution in [2.45, 2.75) is 13.3 Å². The summed E-state index contributed by atoms with van der Waals surface area (Å²) in [7, 11) is 3.09. The molecule has 0 saturated carbocycles. The van der Waals surface area contributed by atoms with Gasteiger partial charge in [-0.1, -0.05) is 6.07 Å². The van der Waals surface area contributed by atoms with Gasteiger partial charge in [-0.3, -0.25) is 19.3 Å². The van der Waals surface area contributed by atoms with Gasteiger partial charge in [0.25, 0.3) is 17.7 Å². The Balaban J connectivity index is 1.82. The van der Waals surface area contributed by atoms with Crippen molar-refractivity contribution in [1.29, 1.82) is 0 Å². The molecule has 0 unspecified atom stereocenters. The molecule has 0 fully saturated rings. The maximum Gasteiger partial charge on any atom is 0.261 e. The number of hydrogen-bond acceptors (Lipinski definition) is 5. The number of aryl methyl sites for hydroxylation is 1. The molecule has 3 amide bonds. The van der Waals surface area contributed by atoms with Gasteiger partial charge in [-0.05, 0) is 49.2 Å². The van der Waals surface area contributed by atoms with Gasteiger partial charge in [0.15, 0.2) is 0 Å². The molecule has 1 aliphatic rings. The normalized spacial score (nSPS) is 12.9. The molecule has 7 heteroatoms. The molecule has 1 N–H and O–H groups in total. The molecule has 3 rings (SSSR count). The Labute approximate surface area is 163 Å². The number of carbonyl (C=O) groups excluding carboxylic acids is 3. The SMILES string of the molecule is COCCCN1C(=O)c2ccc(C(=O)Nc3cc(C)ccc3OC)cc2C1=O. The van der Waals surface area contributed by atoms with Gasteiger partial charge in [0, 0.05) is 25.8 Å². The van der Waals surface area contributed by atoms with E-state index in [-0.39, 0.29) is 29.8 Å². The lowest BCUT2D eigenvalue weighted by molar-refractivity contribution is 0.0638. The summed E-state index contributed by atoms with van der Waals surface area (Å²) in [5.41, 5.74) is 2.36. The molecule has 28 heavy (non-hydrogen) atoms. The lowest BCUT2D eigenvalue weighted by Crippen LogP contribution is -2.31. The second kappa shape index (κ2) is 8.22. The van der Waals surface area contributed by atoms with E-state index >= 15 is 0 Å². The van der Waals surface area contributed by atoms with Crippen LogP contribution < -0.4 is 10.1 Å². The van der Waals surface area contributed by atoms with E-state index in [1.165, 1.54) is 24.1 Å². The monoisotopic (exact) mass is 382 g/mol. The zero-order valence-electron chi connectivity index (χ0n) is 16.1. The van der Waals surface area contributed by atoms with Gasteiger partial charge in [0.2, 0.25) is 0 Å². The lowest BCUT2D eigenvalue weighted by Gasteiger charge is -2.12. The van der Waals surface area contributed by atoms with E-state index in [4.69, 9.17) is 9.47 Å². The van der Waals surface area contributed by atoms with Gasteiger partial charge in [-0.2, -0.15) is 0 Å². The average molecular weight is 382 g/mol. The van der Waals surface area contributed by atoms with Crippen LogP contribution in [0.1, 0.15) is 43.1 Å². The molecule has 1 heterocycles. The van der Waals surface area contributed by atoms with E-state index in [1.54, 1.807) is 25.3 Å². The van der Waals surface area contributed by atoms with Crippen molar-refractivity contribution in [3.63, 3.8) is 0 Å². The summed E-state index contributed by atoms with van der Waals surface area (Å²) in [6.45, 7) is 2.65. The van der Waals surface area contributed by atoms with Crippen LogP contribution in [0.25, 0.3) is 0 Å². The van der Waals surface area contributed by atoms with Gasteiger partial charge in [0.05, 0.1) is 23.9 Å². The third-order valence-corrected chi connectivity index (χ3v) is 4.57. The highest BCUT2D eigenvalue weighted by Crippen LogP contribution is 2.27. The predicted molar refractivity (Wildman–Crippen MR) is 104 cm³/mol. The minimum atomic E-state index is -0.390. The summed E-state index contributed by atoms with van der Waals surface area (Å²) in [5.74, 6) is -0.581. The minimum absolute atomic E-state index is 0.242. The largest absolute Gasteiger partial charge is 0.495 e. The zero-order chi connectivity index (χ0) is 20.3. The first kappa shape index (κ1) is 19.6. The number of carbonyl (C=O) groups is 3. The molecule has 0 atom stereocenters. The van der Waals surface area contributed by atoms with Gasteiger partial charge in [-0.25, -0.2) is 0 Å². The number of nitrogens with zero attached hydrogens (tertiary/aromatic N) is 1. The molecule has 2 aromatic rings. The van der Waals surface area contributed by atoms with E-state index < -0.39 is 0 Å². The third-order valence-electron chi connectivity index (χ3n) is 4.57. The number of fused-ring (bicyclic) bond motifs is 1. The van der Waals surface area contributed by atoms with Crippen LogP contribution in [0.5, 0.6) is 5.75 Å². The van der Waals surface area contributed by atoms with Crippen molar-refractivity contribution in [3.05, 3.63) is 58.7 Å². The molecule has 0 bridgehead atoms. The second-order valence-corrected chi connectivity index (χ2v) is 6.53. The number of nitrogens with one attached hydrogen (secondary N) is 1. The second-order valence-electron chi connectivity index (χ2n) is 6.53. The van der Waals surface area contributed by atoms with Gasteiger partial charge in [-0.15, -0.1) is 0 Å². The molecule has 146 valence electrons. The number of methoxy groups -OCH3 is 2.